The van der Waals surface area contributed by atoms with Crippen molar-refractivity contribution in [1.82, 2.24) is 4.98 Å². The maximum absolute atomic E-state index is 5.29. The van der Waals surface area contributed by atoms with Crippen molar-refractivity contribution in [3.63, 3.8) is 0 Å². The average Bonchev–Trinajstić information content (AvgIpc) is 3.07. The van der Waals surface area contributed by atoms with Crippen molar-refractivity contribution in [2.24, 2.45) is 0 Å². The van der Waals surface area contributed by atoms with Gasteiger partial charge in [-0.25, -0.2) is 0 Å². The molecule has 1 aliphatic rings. The zero-order valence-corrected chi connectivity index (χ0v) is 26.6. The van der Waals surface area contributed by atoms with Crippen LogP contribution in [-0.4, -0.2) is 4.98 Å². The van der Waals surface area contributed by atoms with Crippen LogP contribution in [0, 0.1) is 0 Å². The zero-order valence-electron chi connectivity index (χ0n) is 23.5. The van der Waals surface area contributed by atoms with Gasteiger partial charge < -0.3 is 5.32 Å². The van der Waals surface area contributed by atoms with Crippen molar-refractivity contribution in [3.05, 3.63) is 180 Å². The number of allylic oxidation sites excluding steroid dienone is 1. The van der Waals surface area contributed by atoms with Crippen molar-refractivity contribution in [2.45, 2.75) is 6.16 Å². The van der Waals surface area contributed by atoms with Gasteiger partial charge in [0.25, 0.3) is 0 Å². The Bertz CT molecular complexity index is 1800. The molecule has 43 heavy (non-hydrogen) atoms. The molecule has 1 aliphatic heterocycles. The molecule has 5 aromatic carbocycles. The van der Waals surface area contributed by atoms with Gasteiger partial charge in [0.15, 0.2) is 0 Å². The third-order valence-corrected chi connectivity index (χ3v) is 12.9. The molecule has 2 nitrogen and oxygen atoms in total. The van der Waals surface area contributed by atoms with E-state index in [-0.39, 0.29) is 16.8 Å². The first kappa shape index (κ1) is 29.2. The van der Waals surface area contributed by atoms with E-state index in [0.29, 0.717) is 0 Å². The zero-order chi connectivity index (χ0) is 28.1. The van der Waals surface area contributed by atoms with Crippen molar-refractivity contribution in [2.75, 3.05) is 0 Å². The molecule has 0 N–H and O–H groups in total. The molecule has 0 aliphatic carbocycles. The summed E-state index contributed by atoms with van der Waals surface area (Å²) in [7, 11) is -2.20. The molecule has 1 aromatic heterocycles. The molecule has 7 rings (SSSR count). The second-order valence-corrected chi connectivity index (χ2v) is 15.2. The largest absolute Gasteiger partial charge is 0.653 e. The van der Waals surface area contributed by atoms with Gasteiger partial charge in [0.05, 0.1) is 43.5 Å². The maximum atomic E-state index is 5.29. The summed E-state index contributed by atoms with van der Waals surface area (Å²) in [5.41, 5.74) is 5.19. The van der Waals surface area contributed by atoms with Gasteiger partial charge in [-0.2, -0.15) is 0 Å². The van der Waals surface area contributed by atoms with Crippen LogP contribution in [0.2, 0.25) is 0 Å². The number of pyridine rings is 1. The molecular weight excluding hydrogens is 605 g/mol. The van der Waals surface area contributed by atoms with E-state index in [1.807, 2.05) is 0 Å². The Labute approximate surface area is 266 Å². The van der Waals surface area contributed by atoms with Crippen molar-refractivity contribution < 1.29 is 16.8 Å². The molecule has 0 spiro atoms. The van der Waals surface area contributed by atoms with Crippen molar-refractivity contribution in [3.8, 4) is 0 Å². The minimum Gasteiger partial charge on any atom is -0.653 e. The number of aromatic nitrogens is 1. The fourth-order valence-corrected chi connectivity index (χ4v) is 10.3. The van der Waals surface area contributed by atoms with E-state index in [4.69, 9.17) is 10.3 Å². The summed E-state index contributed by atoms with van der Waals surface area (Å²) in [6.45, 7) is 0. The summed E-state index contributed by atoms with van der Waals surface area (Å²) in [5, 5.41) is 11.9. The first-order valence-electron chi connectivity index (χ1n) is 14.3. The fourth-order valence-electron chi connectivity index (χ4n) is 5.55. The van der Waals surface area contributed by atoms with E-state index in [1.165, 1.54) is 21.2 Å². The van der Waals surface area contributed by atoms with Gasteiger partial charge in [-0.05, 0) is 65.5 Å². The van der Waals surface area contributed by atoms with Crippen LogP contribution in [0.3, 0.4) is 0 Å². The summed E-state index contributed by atoms with van der Waals surface area (Å²) in [6.07, 6.45) is 5.27. The fraction of sp³-hybridized carbons (Fsp3) is 0.0263. The molecule has 1 radical (unpaired) electrons. The number of nitrogens with zero attached hydrogens (tertiary/aromatic N) is 2. The summed E-state index contributed by atoms with van der Waals surface area (Å²) >= 11 is 0. The Morgan fingerprint density at radius 2 is 1.07 bits per heavy atom. The third kappa shape index (κ3) is 6.57. The summed E-state index contributed by atoms with van der Waals surface area (Å²) in [4.78, 5) is 5.29. The van der Waals surface area contributed by atoms with Gasteiger partial charge in [0, 0.05) is 16.8 Å². The molecule has 0 atom stereocenters. The number of rotatable bonds is 7. The first-order chi connectivity index (χ1) is 20.8. The van der Waals surface area contributed by atoms with Crippen LogP contribution < -0.4 is 21.2 Å². The first-order valence-corrected chi connectivity index (χ1v) is 17.6. The minimum absolute atomic E-state index is 0. The molecule has 5 heteroatoms. The SMILES string of the molecule is C1=Cc2ccc3ccc(C[PH+](c4ccccc4)c4ccccc4)nc3c2[N-]/C1=C\[PH+](c1ccccc1)c1ccccc1.[Co]. The topological polar surface area (TPSA) is 27.0 Å². The van der Waals surface area contributed by atoms with Crippen molar-refractivity contribution in [1.29, 1.82) is 0 Å². The Kier molecular flexibility index (Phi) is 9.27. The minimum atomic E-state index is -1.16. The molecule has 211 valence electrons. The van der Waals surface area contributed by atoms with Crippen LogP contribution >= 0.6 is 15.8 Å². The second-order valence-electron chi connectivity index (χ2n) is 10.4. The average molecular weight is 637 g/mol. The quantitative estimate of drug-likeness (QED) is 0.162. The van der Waals surface area contributed by atoms with Crippen LogP contribution in [0.1, 0.15) is 11.3 Å². The van der Waals surface area contributed by atoms with E-state index < -0.39 is 15.8 Å². The summed E-state index contributed by atoms with van der Waals surface area (Å²) in [5.74, 6) is 2.38. The Hall–Kier alpha value is -3.84. The predicted octanol–water partition coefficient (Wildman–Crippen LogP) is 8.34. The van der Waals surface area contributed by atoms with Crippen molar-refractivity contribution >= 4 is 59.7 Å². The standard InChI is InChI=1S/C38H29N2P2.Co/c1-5-13-33(14-6-1)41(34-15-7-2-8-16-34)27-31-25-23-29-21-22-30-24-26-32(40-38(30)37(29)39-31)28-42(35-17-9-3-10-18-35)36-19-11-4-12-20-36;/h1-27H,28H2;/q-1;/p+2/b31-27-;. The van der Waals surface area contributed by atoms with Gasteiger partial charge in [-0.15, -0.1) is 5.69 Å². The van der Waals surface area contributed by atoms with Crippen LogP contribution in [0.25, 0.3) is 22.3 Å². The monoisotopic (exact) mass is 636 g/mol. The van der Waals surface area contributed by atoms with E-state index in [2.05, 4.69) is 164 Å². The predicted molar refractivity (Wildman–Crippen MR) is 187 cm³/mol. The van der Waals surface area contributed by atoms with Gasteiger partial charge in [-0.3, -0.25) is 4.98 Å². The number of hydrogen-bond donors (Lipinski definition) is 0. The Morgan fingerprint density at radius 3 is 1.63 bits per heavy atom. The Balaban J connectivity index is 0.00000329. The Morgan fingerprint density at radius 1 is 0.558 bits per heavy atom. The van der Waals surface area contributed by atoms with E-state index >= 15 is 0 Å². The molecule has 0 fully saturated rings. The maximum Gasteiger partial charge on any atom is 0.108 e. The van der Waals surface area contributed by atoms with E-state index in [9.17, 15) is 0 Å². The number of benzene rings is 5. The van der Waals surface area contributed by atoms with Gasteiger partial charge in [0.2, 0.25) is 0 Å². The van der Waals surface area contributed by atoms with Gasteiger partial charge in [0.1, 0.15) is 16.8 Å². The van der Waals surface area contributed by atoms with E-state index in [0.717, 1.165) is 39.7 Å². The molecule has 2 heterocycles. The molecule has 0 unspecified atom stereocenters. The summed E-state index contributed by atoms with van der Waals surface area (Å²) < 4.78 is 0. The van der Waals surface area contributed by atoms with Crippen LogP contribution in [0.5, 0.6) is 0 Å². The summed E-state index contributed by atoms with van der Waals surface area (Å²) in [6, 6.07) is 52.2. The molecule has 6 aromatic rings. The second kappa shape index (κ2) is 13.6. The van der Waals surface area contributed by atoms with Crippen LogP contribution in [-0.2, 0) is 22.9 Å². The third-order valence-electron chi connectivity index (χ3n) is 7.66. The van der Waals surface area contributed by atoms with E-state index in [1.54, 1.807) is 0 Å². The van der Waals surface area contributed by atoms with Crippen LogP contribution in [0.15, 0.2) is 163 Å². The van der Waals surface area contributed by atoms with Gasteiger partial charge >= 0.3 is 0 Å². The number of hydrogen-bond acceptors (Lipinski definition) is 1. The van der Waals surface area contributed by atoms with Crippen LogP contribution in [0.4, 0.5) is 5.69 Å². The molecule has 0 saturated carbocycles. The molecule has 0 saturated heterocycles. The molecular formula is C38H31CoN2P2+. The van der Waals surface area contributed by atoms with Gasteiger partial charge in [-0.1, -0.05) is 109 Å². The molecule has 0 bridgehead atoms. The normalized spacial score (nSPS) is 13.1. The smallest absolute Gasteiger partial charge is 0.108 e. The number of fused-ring (bicyclic) bond motifs is 3. The molecule has 0 amide bonds.